The molecule has 4 unspecified atom stereocenters. The maximum Gasteiger partial charge on any atom is 0.264 e. The van der Waals surface area contributed by atoms with Gasteiger partial charge in [-0.15, -0.1) is 0 Å². The first kappa shape index (κ1) is 17.6. The molecule has 118 valence electrons. The Morgan fingerprint density at radius 1 is 0.800 bits per heavy atom. The minimum absolute atomic E-state index is 0.0342. The van der Waals surface area contributed by atoms with E-state index in [2.05, 4.69) is 0 Å². The lowest BCUT2D eigenvalue weighted by Gasteiger charge is -2.36. The molecule has 1 rings (SSSR count). The Balaban J connectivity index is 2.81. The number of hydrogen-bond acceptors (Lipinski definition) is 6. The molecule has 4 atom stereocenters. The van der Waals surface area contributed by atoms with Gasteiger partial charge in [-0.2, -0.15) is 16.8 Å². The van der Waals surface area contributed by atoms with Crippen molar-refractivity contribution in [1.29, 1.82) is 0 Å². The third-order valence-corrected chi connectivity index (χ3v) is 4.70. The fraction of sp³-hybridized carbons (Fsp3) is 0.833. The Bertz CT molecular complexity index is 498. The number of hydrogen-bond donors (Lipinski definition) is 0. The number of rotatable bonds is 6. The molecule has 0 bridgehead atoms. The third kappa shape index (κ3) is 5.90. The van der Waals surface area contributed by atoms with Gasteiger partial charge in [0, 0.05) is 0 Å². The van der Waals surface area contributed by atoms with E-state index in [1.807, 2.05) is 26.0 Å². The zero-order valence-electron chi connectivity index (χ0n) is 12.1. The highest BCUT2D eigenvalue weighted by atomic mass is 32.2. The fourth-order valence-electron chi connectivity index (χ4n) is 2.37. The van der Waals surface area contributed by atoms with Gasteiger partial charge in [-0.1, -0.05) is 26.0 Å². The lowest BCUT2D eigenvalue weighted by atomic mass is 9.72. The normalized spacial score (nSPS) is 31.4. The summed E-state index contributed by atoms with van der Waals surface area (Å²) >= 11 is 0. The topological polar surface area (TPSA) is 86.7 Å². The molecule has 1 aliphatic rings. The van der Waals surface area contributed by atoms with E-state index in [0.717, 1.165) is 12.5 Å². The summed E-state index contributed by atoms with van der Waals surface area (Å²) in [5.74, 6) is -0.0137. The van der Waals surface area contributed by atoms with Gasteiger partial charge in [-0.25, -0.2) is 0 Å². The maximum absolute atomic E-state index is 11.1. The van der Waals surface area contributed by atoms with Gasteiger partial charge in [0.1, 0.15) is 0 Å². The van der Waals surface area contributed by atoms with E-state index in [1.54, 1.807) is 0 Å². The fourth-order valence-corrected chi connectivity index (χ4v) is 3.18. The summed E-state index contributed by atoms with van der Waals surface area (Å²) in [6.45, 7) is 3.97. The van der Waals surface area contributed by atoms with Crippen LogP contribution in [0.5, 0.6) is 0 Å². The first-order valence-electron chi connectivity index (χ1n) is 6.37. The zero-order valence-corrected chi connectivity index (χ0v) is 13.8. The molecule has 1 aliphatic carbocycles. The van der Waals surface area contributed by atoms with Crippen LogP contribution in [0.2, 0.25) is 0 Å². The molecule has 0 saturated carbocycles. The Labute approximate surface area is 121 Å². The Hall–Kier alpha value is -0.440. The van der Waals surface area contributed by atoms with E-state index < -0.39 is 20.2 Å². The highest BCUT2D eigenvalue weighted by Gasteiger charge is 2.34. The van der Waals surface area contributed by atoms with Gasteiger partial charge in [0.25, 0.3) is 20.2 Å². The Kier molecular flexibility index (Phi) is 5.77. The third-order valence-electron chi connectivity index (χ3n) is 3.57. The Morgan fingerprint density at radius 3 is 1.35 bits per heavy atom. The smallest absolute Gasteiger partial charge is 0.264 e. The van der Waals surface area contributed by atoms with Crippen LogP contribution >= 0.6 is 0 Å². The van der Waals surface area contributed by atoms with E-state index in [0.29, 0.717) is 0 Å². The van der Waals surface area contributed by atoms with Crippen LogP contribution in [0.15, 0.2) is 12.2 Å². The van der Waals surface area contributed by atoms with Crippen LogP contribution in [0.25, 0.3) is 0 Å². The van der Waals surface area contributed by atoms with Gasteiger partial charge in [0.15, 0.2) is 0 Å². The molecule has 0 fully saturated rings. The molecule has 0 amide bonds. The monoisotopic (exact) mass is 326 g/mol. The van der Waals surface area contributed by atoms with Gasteiger partial charge in [-0.3, -0.25) is 8.37 Å². The molecule has 6 nitrogen and oxygen atoms in total. The summed E-state index contributed by atoms with van der Waals surface area (Å²) in [6.07, 6.45) is 6.00. The molecule has 0 aromatic rings. The molecule has 20 heavy (non-hydrogen) atoms. The van der Waals surface area contributed by atoms with Crippen molar-refractivity contribution >= 4 is 20.2 Å². The summed E-state index contributed by atoms with van der Waals surface area (Å²) in [7, 11) is -7.03. The molecule has 0 heterocycles. The maximum atomic E-state index is 11.1. The van der Waals surface area contributed by atoms with Crippen molar-refractivity contribution in [3.05, 3.63) is 12.2 Å². The second-order valence-corrected chi connectivity index (χ2v) is 8.70. The standard InChI is InChI=1S/C12H22O6S2/c1-9-5-6-10(2)12(8-18-20(4,15)16)11(9)7-17-19(3,13)14/h5-6,9-12H,7-8H2,1-4H3. The molecule has 0 aromatic carbocycles. The first-order chi connectivity index (χ1) is 8.99. The second kappa shape index (κ2) is 6.55. The van der Waals surface area contributed by atoms with Crippen molar-refractivity contribution in [3.63, 3.8) is 0 Å². The van der Waals surface area contributed by atoms with Crippen molar-refractivity contribution in [3.8, 4) is 0 Å². The van der Waals surface area contributed by atoms with Crippen LogP contribution in [0.4, 0.5) is 0 Å². The van der Waals surface area contributed by atoms with E-state index in [4.69, 9.17) is 8.37 Å². The van der Waals surface area contributed by atoms with Crippen LogP contribution in [0.1, 0.15) is 13.8 Å². The molecule has 0 radical (unpaired) electrons. The van der Waals surface area contributed by atoms with Crippen molar-refractivity contribution in [1.82, 2.24) is 0 Å². The average Bonchev–Trinajstić information content (AvgIpc) is 2.26. The van der Waals surface area contributed by atoms with Gasteiger partial charge in [-0.05, 0) is 23.7 Å². The van der Waals surface area contributed by atoms with Gasteiger partial charge >= 0.3 is 0 Å². The summed E-state index contributed by atoms with van der Waals surface area (Å²) < 4.78 is 54.2. The minimum atomic E-state index is -3.51. The van der Waals surface area contributed by atoms with Crippen molar-refractivity contribution in [2.75, 3.05) is 25.7 Å². The van der Waals surface area contributed by atoms with Crippen molar-refractivity contribution in [2.45, 2.75) is 13.8 Å². The van der Waals surface area contributed by atoms with Crippen LogP contribution in [0, 0.1) is 23.7 Å². The van der Waals surface area contributed by atoms with Gasteiger partial charge in [0.2, 0.25) is 0 Å². The molecule has 0 N–H and O–H groups in total. The summed E-state index contributed by atoms with van der Waals surface area (Å²) in [5, 5.41) is 0. The highest BCUT2D eigenvalue weighted by Crippen LogP contribution is 2.35. The lowest BCUT2D eigenvalue weighted by Crippen LogP contribution is -2.36. The molecule has 0 aromatic heterocycles. The summed E-state index contributed by atoms with van der Waals surface area (Å²) in [6, 6.07) is 0. The molecular weight excluding hydrogens is 304 g/mol. The van der Waals surface area contributed by atoms with Crippen LogP contribution in [-0.4, -0.2) is 42.6 Å². The predicted molar refractivity (Wildman–Crippen MR) is 76.0 cm³/mol. The molecule has 0 spiro atoms. The summed E-state index contributed by atoms with van der Waals surface area (Å²) in [4.78, 5) is 0. The van der Waals surface area contributed by atoms with Crippen molar-refractivity contribution < 1.29 is 25.2 Å². The highest BCUT2D eigenvalue weighted by molar-refractivity contribution is 7.86. The van der Waals surface area contributed by atoms with E-state index in [9.17, 15) is 16.8 Å². The van der Waals surface area contributed by atoms with Crippen molar-refractivity contribution in [2.24, 2.45) is 23.7 Å². The predicted octanol–water partition coefficient (Wildman–Crippen LogP) is 1.01. The van der Waals surface area contributed by atoms with Gasteiger partial charge < -0.3 is 0 Å². The Morgan fingerprint density at radius 2 is 1.10 bits per heavy atom. The molecular formula is C12H22O6S2. The molecule has 0 aliphatic heterocycles. The van der Waals surface area contributed by atoms with Gasteiger partial charge in [0.05, 0.1) is 25.7 Å². The van der Waals surface area contributed by atoms with Crippen LogP contribution in [-0.2, 0) is 28.6 Å². The van der Waals surface area contributed by atoms with Crippen LogP contribution < -0.4 is 0 Å². The summed E-state index contributed by atoms with van der Waals surface area (Å²) in [5.41, 5.74) is 0. The zero-order chi connectivity index (χ0) is 15.6. The molecule has 8 heteroatoms. The first-order valence-corrected chi connectivity index (χ1v) is 10.00. The quantitative estimate of drug-likeness (QED) is 0.535. The largest absolute Gasteiger partial charge is 0.270 e. The molecule has 0 saturated heterocycles. The second-order valence-electron chi connectivity index (χ2n) is 5.41. The van der Waals surface area contributed by atoms with Crippen LogP contribution in [0.3, 0.4) is 0 Å². The van der Waals surface area contributed by atoms with E-state index >= 15 is 0 Å². The van der Waals surface area contributed by atoms with E-state index in [-0.39, 0.29) is 36.9 Å². The average molecular weight is 326 g/mol. The number of allylic oxidation sites excluding steroid dienone is 2. The minimum Gasteiger partial charge on any atom is -0.270 e. The lowest BCUT2D eigenvalue weighted by molar-refractivity contribution is 0.0922. The van der Waals surface area contributed by atoms with E-state index in [1.165, 1.54) is 0 Å². The SMILES string of the molecule is CC1C=CC(C)C(COS(C)(=O)=O)C1COS(C)(=O)=O.